The van der Waals surface area contributed by atoms with Crippen LogP contribution in [0, 0.1) is 0 Å². The van der Waals surface area contributed by atoms with Crippen LogP contribution in [0.5, 0.6) is 5.75 Å². The predicted molar refractivity (Wildman–Crippen MR) is 83.5 cm³/mol. The zero-order chi connectivity index (χ0) is 15.9. The first-order valence-corrected chi connectivity index (χ1v) is 6.96. The van der Waals surface area contributed by atoms with Crippen molar-refractivity contribution < 1.29 is 18.7 Å². The van der Waals surface area contributed by atoms with E-state index in [-0.39, 0.29) is 6.61 Å². The number of carbonyl (C=O) groups excluding carboxylic acids is 1. The fraction of sp³-hybridized carbons (Fsp3) is 0.267. The van der Waals surface area contributed by atoms with E-state index in [0.717, 1.165) is 0 Å². The molecule has 0 spiro atoms. The van der Waals surface area contributed by atoms with E-state index in [1.807, 2.05) is 0 Å². The van der Waals surface area contributed by atoms with Crippen LogP contribution >= 0.6 is 11.6 Å². The van der Waals surface area contributed by atoms with E-state index >= 15 is 0 Å². The number of nitrogens with one attached hydrogen (secondary N) is 2. The van der Waals surface area contributed by atoms with Crippen molar-refractivity contribution in [1.82, 2.24) is 5.32 Å². The molecule has 22 heavy (non-hydrogen) atoms. The van der Waals surface area contributed by atoms with E-state index in [2.05, 4.69) is 10.6 Å². The van der Waals surface area contributed by atoms with Crippen LogP contribution in [-0.2, 0) is 4.74 Å². The third kappa shape index (κ3) is 3.93. The van der Waals surface area contributed by atoms with Gasteiger partial charge in [-0.15, -0.1) is 0 Å². The number of ether oxygens (including phenoxy) is 2. The summed E-state index contributed by atoms with van der Waals surface area (Å²) < 4.78 is 15.6. The Morgan fingerprint density at radius 2 is 2.14 bits per heavy atom. The van der Waals surface area contributed by atoms with Crippen molar-refractivity contribution in [2.45, 2.75) is 6.04 Å². The lowest BCUT2D eigenvalue weighted by Gasteiger charge is -2.17. The number of hydrogen-bond acceptors (Lipinski definition) is 4. The minimum atomic E-state index is -0.418. The molecule has 118 valence electrons. The van der Waals surface area contributed by atoms with Crippen molar-refractivity contribution in [3.63, 3.8) is 0 Å². The maximum absolute atomic E-state index is 12.2. The Morgan fingerprint density at radius 3 is 2.77 bits per heavy atom. The van der Waals surface area contributed by atoms with Gasteiger partial charge in [0.05, 0.1) is 30.7 Å². The van der Waals surface area contributed by atoms with E-state index in [1.165, 1.54) is 13.4 Å². The molecule has 0 saturated heterocycles. The van der Waals surface area contributed by atoms with Crippen LogP contribution in [0.25, 0.3) is 0 Å². The average molecular weight is 325 g/mol. The number of benzene rings is 1. The summed E-state index contributed by atoms with van der Waals surface area (Å²) in [6.45, 7) is 0.285. The lowest BCUT2D eigenvalue weighted by Crippen LogP contribution is -2.34. The molecule has 1 atom stereocenters. The van der Waals surface area contributed by atoms with Crippen molar-refractivity contribution >= 4 is 23.3 Å². The van der Waals surface area contributed by atoms with Gasteiger partial charge in [0.1, 0.15) is 11.8 Å². The zero-order valence-corrected chi connectivity index (χ0v) is 13.0. The highest BCUT2D eigenvalue weighted by Crippen LogP contribution is 2.32. The lowest BCUT2D eigenvalue weighted by atomic mass is 10.2. The largest absolute Gasteiger partial charge is 0.493 e. The minimum Gasteiger partial charge on any atom is -0.493 e. The molecular formula is C15H17ClN2O4. The first kappa shape index (κ1) is 16.2. The molecule has 6 nitrogen and oxygen atoms in total. The first-order valence-electron chi connectivity index (χ1n) is 6.58. The number of amides is 2. The van der Waals surface area contributed by atoms with Crippen molar-refractivity contribution in [1.29, 1.82) is 0 Å². The molecule has 2 N–H and O–H groups in total. The SMILES string of the molecule is COCC(NC(=O)Nc1cccc(Cl)c1OC)c1ccco1. The predicted octanol–water partition coefficient (Wildman–Crippen LogP) is 3.45. The third-order valence-electron chi connectivity index (χ3n) is 2.94. The van der Waals surface area contributed by atoms with E-state index in [0.29, 0.717) is 22.2 Å². The molecule has 0 radical (unpaired) electrons. The molecule has 0 aliphatic rings. The number of furan rings is 1. The molecule has 1 aromatic carbocycles. The monoisotopic (exact) mass is 324 g/mol. The molecule has 7 heteroatoms. The van der Waals surface area contributed by atoms with Gasteiger partial charge in [-0.25, -0.2) is 4.79 Å². The van der Waals surface area contributed by atoms with Crippen molar-refractivity contribution in [3.05, 3.63) is 47.4 Å². The number of rotatable bonds is 6. The average Bonchev–Trinajstić information content (AvgIpc) is 3.01. The fourth-order valence-corrected chi connectivity index (χ4v) is 2.23. The second-order valence-corrected chi connectivity index (χ2v) is 4.85. The summed E-state index contributed by atoms with van der Waals surface area (Å²) in [6.07, 6.45) is 1.54. The first-order chi connectivity index (χ1) is 10.7. The zero-order valence-electron chi connectivity index (χ0n) is 12.3. The molecule has 0 aliphatic heterocycles. The van der Waals surface area contributed by atoms with Crippen LogP contribution in [0.1, 0.15) is 11.8 Å². The number of hydrogen-bond donors (Lipinski definition) is 2. The lowest BCUT2D eigenvalue weighted by molar-refractivity contribution is 0.159. The molecule has 2 amide bonds. The number of methoxy groups -OCH3 is 2. The maximum Gasteiger partial charge on any atom is 0.320 e. The smallest absolute Gasteiger partial charge is 0.320 e. The van der Waals surface area contributed by atoms with Gasteiger partial charge < -0.3 is 24.5 Å². The van der Waals surface area contributed by atoms with Gasteiger partial charge >= 0.3 is 6.03 Å². The standard InChI is InChI=1S/C15H17ClN2O4/c1-20-9-12(13-7-4-8-22-13)18-15(19)17-11-6-3-5-10(16)14(11)21-2/h3-8,12H,9H2,1-2H3,(H2,17,18,19). The van der Waals surface area contributed by atoms with Crippen molar-refractivity contribution in [3.8, 4) is 5.75 Å². The molecule has 1 unspecified atom stereocenters. The van der Waals surface area contributed by atoms with Gasteiger partial charge in [-0.3, -0.25) is 0 Å². The summed E-state index contributed by atoms with van der Waals surface area (Å²) >= 11 is 6.02. The molecular weight excluding hydrogens is 308 g/mol. The Kier molecular flexibility index (Phi) is 5.68. The molecule has 0 aliphatic carbocycles. The Hall–Kier alpha value is -2.18. The Morgan fingerprint density at radius 1 is 1.32 bits per heavy atom. The number of halogens is 1. The number of urea groups is 1. The van der Waals surface area contributed by atoms with E-state index in [9.17, 15) is 4.79 Å². The summed E-state index contributed by atoms with van der Waals surface area (Å²) in [5.41, 5.74) is 0.475. The van der Waals surface area contributed by atoms with Crippen LogP contribution < -0.4 is 15.4 Å². The minimum absolute atomic E-state index is 0.285. The molecule has 2 rings (SSSR count). The van der Waals surface area contributed by atoms with Crippen LogP contribution in [0.2, 0.25) is 5.02 Å². The van der Waals surface area contributed by atoms with E-state index in [1.54, 1.807) is 37.4 Å². The summed E-state index contributed by atoms with van der Waals surface area (Å²) in [5.74, 6) is 1.01. The summed E-state index contributed by atoms with van der Waals surface area (Å²) in [6, 6.07) is 7.80. The van der Waals surface area contributed by atoms with E-state index in [4.69, 9.17) is 25.5 Å². The van der Waals surface area contributed by atoms with Gasteiger partial charge in [0.25, 0.3) is 0 Å². The second-order valence-electron chi connectivity index (χ2n) is 4.44. The summed E-state index contributed by atoms with van der Waals surface area (Å²) in [5, 5.41) is 5.89. The van der Waals surface area contributed by atoms with Crippen molar-refractivity contribution in [2.75, 3.05) is 26.1 Å². The maximum atomic E-state index is 12.2. The van der Waals surface area contributed by atoms with Gasteiger partial charge in [0, 0.05) is 7.11 Å². The van der Waals surface area contributed by atoms with Gasteiger partial charge in [-0.2, -0.15) is 0 Å². The highest BCUT2D eigenvalue weighted by Gasteiger charge is 2.18. The molecule has 0 bridgehead atoms. The highest BCUT2D eigenvalue weighted by molar-refractivity contribution is 6.32. The van der Waals surface area contributed by atoms with Gasteiger partial charge in [-0.05, 0) is 24.3 Å². The molecule has 1 heterocycles. The molecule has 0 saturated carbocycles. The Balaban J connectivity index is 2.07. The molecule has 0 fully saturated rings. The number of anilines is 1. The van der Waals surface area contributed by atoms with Gasteiger partial charge in [0.15, 0.2) is 5.75 Å². The molecule has 2 aromatic rings. The topological polar surface area (TPSA) is 72.7 Å². The van der Waals surface area contributed by atoms with E-state index < -0.39 is 12.1 Å². The Bertz CT molecular complexity index is 616. The van der Waals surface area contributed by atoms with Crippen LogP contribution in [0.3, 0.4) is 0 Å². The van der Waals surface area contributed by atoms with Crippen LogP contribution in [0.4, 0.5) is 10.5 Å². The third-order valence-corrected chi connectivity index (χ3v) is 3.24. The summed E-state index contributed by atoms with van der Waals surface area (Å²) in [4.78, 5) is 12.2. The summed E-state index contributed by atoms with van der Waals surface area (Å²) in [7, 11) is 3.04. The van der Waals surface area contributed by atoms with Crippen molar-refractivity contribution in [2.24, 2.45) is 0 Å². The highest BCUT2D eigenvalue weighted by atomic mass is 35.5. The Labute approximate surface area is 133 Å². The van der Waals surface area contributed by atoms with Gasteiger partial charge in [0.2, 0.25) is 0 Å². The normalized spacial score (nSPS) is 11.8. The van der Waals surface area contributed by atoms with Crippen LogP contribution in [-0.4, -0.2) is 26.9 Å². The number of carbonyl (C=O) groups is 1. The second kappa shape index (κ2) is 7.72. The molecule has 1 aromatic heterocycles. The quantitative estimate of drug-likeness (QED) is 0.853. The van der Waals surface area contributed by atoms with Crippen LogP contribution in [0.15, 0.2) is 41.0 Å². The van der Waals surface area contributed by atoms with Gasteiger partial charge in [-0.1, -0.05) is 17.7 Å². The fourth-order valence-electron chi connectivity index (χ4n) is 1.98. The number of para-hydroxylation sites is 1.